The van der Waals surface area contributed by atoms with Gasteiger partial charge in [0, 0.05) is 31.7 Å². The van der Waals surface area contributed by atoms with Gasteiger partial charge in [0.1, 0.15) is 0 Å². The summed E-state index contributed by atoms with van der Waals surface area (Å²) in [5.41, 5.74) is 5.67. The lowest BCUT2D eigenvalue weighted by molar-refractivity contribution is 0.0736. The van der Waals surface area contributed by atoms with Crippen LogP contribution in [0.5, 0.6) is 11.5 Å². The van der Waals surface area contributed by atoms with Gasteiger partial charge in [-0.3, -0.25) is 9.48 Å². The van der Waals surface area contributed by atoms with E-state index in [0.717, 1.165) is 58.6 Å². The number of amides is 1. The molecule has 7 nitrogen and oxygen atoms in total. The first-order valence-corrected chi connectivity index (χ1v) is 10.4. The number of carbonyl (C=O) groups is 1. The summed E-state index contributed by atoms with van der Waals surface area (Å²) in [6.45, 7) is 3.17. The largest absolute Gasteiger partial charge is 0.493 e. The summed E-state index contributed by atoms with van der Waals surface area (Å²) in [5.74, 6) is 1.93. The number of benzene rings is 1. The molecule has 1 saturated carbocycles. The molecule has 2 aromatic heterocycles. The molecule has 5 rings (SSSR count). The normalized spacial score (nSPS) is 15.9. The molecular formula is C23H26N4O3. The molecule has 7 heteroatoms. The first kappa shape index (κ1) is 18.9. The van der Waals surface area contributed by atoms with Crippen LogP contribution >= 0.6 is 0 Å². The van der Waals surface area contributed by atoms with Gasteiger partial charge in [0.05, 0.1) is 30.9 Å². The molecule has 1 aliphatic carbocycles. The second kappa shape index (κ2) is 7.00. The van der Waals surface area contributed by atoms with Gasteiger partial charge < -0.3 is 14.4 Å². The van der Waals surface area contributed by atoms with E-state index in [9.17, 15) is 4.79 Å². The van der Waals surface area contributed by atoms with Gasteiger partial charge in [-0.25, -0.2) is 4.98 Å². The molecule has 0 N–H and O–H groups in total. The van der Waals surface area contributed by atoms with E-state index in [1.165, 1.54) is 5.56 Å². The zero-order valence-corrected chi connectivity index (χ0v) is 17.9. The summed E-state index contributed by atoms with van der Waals surface area (Å²) in [6, 6.07) is 6.01. The number of rotatable bonds is 4. The SMILES string of the molecule is COc1cc2c(cc1OC)CN(C(=O)c1cc(C3CC3)nc3c1c(C)nn3C)CC2. The van der Waals surface area contributed by atoms with Gasteiger partial charge >= 0.3 is 0 Å². The average Bonchev–Trinajstić information content (AvgIpc) is 3.57. The molecule has 3 heterocycles. The zero-order valence-electron chi connectivity index (χ0n) is 17.9. The molecule has 30 heavy (non-hydrogen) atoms. The van der Waals surface area contributed by atoms with Crippen LogP contribution in [-0.4, -0.2) is 46.3 Å². The van der Waals surface area contributed by atoms with Crippen LogP contribution in [0.3, 0.4) is 0 Å². The zero-order chi connectivity index (χ0) is 21.0. The van der Waals surface area contributed by atoms with Gasteiger partial charge in [-0.1, -0.05) is 0 Å². The van der Waals surface area contributed by atoms with Crippen molar-refractivity contribution in [3.05, 3.63) is 46.3 Å². The Hall–Kier alpha value is -3.09. The predicted octanol–water partition coefficient (Wildman–Crippen LogP) is 3.37. The molecule has 0 unspecified atom stereocenters. The van der Waals surface area contributed by atoms with E-state index in [1.54, 1.807) is 18.9 Å². The van der Waals surface area contributed by atoms with E-state index in [0.29, 0.717) is 24.8 Å². The minimum Gasteiger partial charge on any atom is -0.493 e. The van der Waals surface area contributed by atoms with Gasteiger partial charge in [0.15, 0.2) is 17.1 Å². The Bertz CT molecular complexity index is 1160. The number of methoxy groups -OCH3 is 2. The molecule has 1 amide bonds. The summed E-state index contributed by atoms with van der Waals surface area (Å²) < 4.78 is 12.7. The van der Waals surface area contributed by atoms with E-state index in [-0.39, 0.29) is 5.91 Å². The molecule has 1 fully saturated rings. The maximum atomic E-state index is 13.7. The third-order valence-corrected chi connectivity index (χ3v) is 6.22. The van der Waals surface area contributed by atoms with Crippen molar-refractivity contribution in [2.75, 3.05) is 20.8 Å². The van der Waals surface area contributed by atoms with E-state index in [4.69, 9.17) is 14.5 Å². The summed E-state index contributed by atoms with van der Waals surface area (Å²) in [6.07, 6.45) is 3.07. The van der Waals surface area contributed by atoms with Crippen LogP contribution in [0.4, 0.5) is 0 Å². The Morgan fingerprint density at radius 3 is 2.47 bits per heavy atom. The van der Waals surface area contributed by atoms with Gasteiger partial charge in [-0.05, 0) is 55.5 Å². The van der Waals surface area contributed by atoms with Gasteiger partial charge in [-0.15, -0.1) is 0 Å². The van der Waals surface area contributed by atoms with Crippen molar-refractivity contribution >= 4 is 16.9 Å². The molecule has 3 aromatic rings. The minimum absolute atomic E-state index is 0.0424. The molecule has 0 spiro atoms. The third-order valence-electron chi connectivity index (χ3n) is 6.22. The molecule has 0 saturated heterocycles. The third kappa shape index (κ3) is 3.00. The smallest absolute Gasteiger partial charge is 0.255 e. The Labute approximate surface area is 175 Å². The molecule has 0 radical (unpaired) electrons. The number of hydrogen-bond donors (Lipinski definition) is 0. The van der Waals surface area contributed by atoms with Crippen LogP contribution in [0.15, 0.2) is 18.2 Å². The highest BCUT2D eigenvalue weighted by Crippen LogP contribution is 2.41. The molecule has 2 aliphatic rings. The van der Waals surface area contributed by atoms with E-state index in [1.807, 2.05) is 37.1 Å². The number of aryl methyl sites for hydroxylation is 2. The first-order chi connectivity index (χ1) is 14.5. The van der Waals surface area contributed by atoms with E-state index >= 15 is 0 Å². The number of carbonyl (C=O) groups excluding carboxylic acids is 1. The molecule has 156 valence electrons. The summed E-state index contributed by atoms with van der Waals surface area (Å²) >= 11 is 0. The molecule has 0 atom stereocenters. The van der Waals surface area contributed by atoms with E-state index in [2.05, 4.69) is 5.10 Å². The van der Waals surface area contributed by atoms with E-state index < -0.39 is 0 Å². The van der Waals surface area contributed by atoms with Crippen molar-refractivity contribution in [3.63, 3.8) is 0 Å². The number of hydrogen-bond acceptors (Lipinski definition) is 5. The predicted molar refractivity (Wildman–Crippen MR) is 113 cm³/mol. The highest BCUT2D eigenvalue weighted by molar-refractivity contribution is 6.06. The van der Waals surface area contributed by atoms with Crippen LogP contribution in [0.25, 0.3) is 11.0 Å². The highest BCUT2D eigenvalue weighted by Gasteiger charge is 2.31. The van der Waals surface area contributed by atoms with Crippen LogP contribution in [0.2, 0.25) is 0 Å². The number of aromatic nitrogens is 3. The van der Waals surface area contributed by atoms with Crippen LogP contribution in [0.1, 0.15) is 51.6 Å². The van der Waals surface area contributed by atoms with Crippen molar-refractivity contribution in [1.29, 1.82) is 0 Å². The molecule has 0 bridgehead atoms. The summed E-state index contributed by atoms with van der Waals surface area (Å²) in [7, 11) is 5.17. The first-order valence-electron chi connectivity index (χ1n) is 10.4. The Balaban J connectivity index is 1.54. The van der Waals surface area contributed by atoms with Gasteiger partial charge in [0.25, 0.3) is 5.91 Å². The lowest BCUT2D eigenvalue weighted by Gasteiger charge is -2.30. The maximum Gasteiger partial charge on any atom is 0.255 e. The standard InChI is InChI=1S/C23H26N4O3/c1-13-21-17(11-18(14-5-6-14)24-22(21)26(2)25-13)23(28)27-8-7-15-9-19(29-3)20(30-4)10-16(15)12-27/h9-11,14H,5-8,12H2,1-4H3. The van der Waals surface area contributed by atoms with Crippen LogP contribution < -0.4 is 9.47 Å². The van der Waals surface area contributed by atoms with Crippen molar-refractivity contribution in [2.24, 2.45) is 7.05 Å². The molecule has 1 aromatic carbocycles. The number of nitrogens with zero attached hydrogens (tertiary/aromatic N) is 4. The quantitative estimate of drug-likeness (QED) is 0.664. The van der Waals surface area contributed by atoms with Crippen molar-refractivity contribution < 1.29 is 14.3 Å². The minimum atomic E-state index is 0.0424. The Kier molecular flexibility index (Phi) is 4.41. The fraction of sp³-hybridized carbons (Fsp3) is 0.435. The molecular weight excluding hydrogens is 380 g/mol. The maximum absolute atomic E-state index is 13.7. The summed E-state index contributed by atoms with van der Waals surface area (Å²) in [5, 5.41) is 5.40. The van der Waals surface area contributed by atoms with Crippen molar-refractivity contribution in [1.82, 2.24) is 19.7 Å². The molecule has 1 aliphatic heterocycles. The number of ether oxygens (including phenoxy) is 2. The fourth-order valence-corrected chi connectivity index (χ4v) is 4.45. The lowest BCUT2D eigenvalue weighted by atomic mass is 9.97. The van der Waals surface area contributed by atoms with Crippen molar-refractivity contribution in [2.45, 2.75) is 38.6 Å². The average molecular weight is 406 g/mol. The Morgan fingerprint density at radius 1 is 1.10 bits per heavy atom. The monoisotopic (exact) mass is 406 g/mol. The number of fused-ring (bicyclic) bond motifs is 2. The van der Waals surface area contributed by atoms with Crippen LogP contribution in [-0.2, 0) is 20.0 Å². The fourth-order valence-electron chi connectivity index (χ4n) is 4.45. The van der Waals surface area contributed by atoms with Gasteiger partial charge in [-0.2, -0.15) is 5.10 Å². The number of pyridine rings is 1. The second-order valence-corrected chi connectivity index (χ2v) is 8.23. The van der Waals surface area contributed by atoms with Crippen LogP contribution in [0, 0.1) is 6.92 Å². The van der Waals surface area contributed by atoms with Crippen molar-refractivity contribution in [3.8, 4) is 11.5 Å². The van der Waals surface area contributed by atoms with Gasteiger partial charge in [0.2, 0.25) is 0 Å². The summed E-state index contributed by atoms with van der Waals surface area (Å²) in [4.78, 5) is 20.4. The highest BCUT2D eigenvalue weighted by atomic mass is 16.5. The second-order valence-electron chi connectivity index (χ2n) is 8.23. The Morgan fingerprint density at radius 2 is 1.80 bits per heavy atom. The topological polar surface area (TPSA) is 69.5 Å². The lowest BCUT2D eigenvalue weighted by Crippen LogP contribution is -2.36.